The van der Waals surface area contributed by atoms with E-state index in [0.29, 0.717) is 37.9 Å². The van der Waals surface area contributed by atoms with Gasteiger partial charge in [-0.05, 0) is 12.1 Å². The van der Waals surface area contributed by atoms with E-state index < -0.39 is 20.2 Å². The molecule has 1 aromatic carbocycles. The number of hydrogen-bond donors (Lipinski definition) is 0. The number of nitrogens with zero attached hydrogens (tertiary/aromatic N) is 4. The highest BCUT2D eigenvalue weighted by molar-refractivity contribution is 7.92. The zero-order valence-corrected chi connectivity index (χ0v) is 15.2. The monoisotopic (exact) mass is 402 g/mol. The number of para-hydroxylation sites is 1. The average Bonchev–Trinajstić information content (AvgIpc) is 2.67. The molecule has 0 spiro atoms. The predicted molar refractivity (Wildman–Crippen MR) is 92.7 cm³/mol. The molecule has 0 atom stereocenters. The summed E-state index contributed by atoms with van der Waals surface area (Å²) >= 11 is 0. The molecule has 1 aliphatic rings. The van der Waals surface area contributed by atoms with Gasteiger partial charge in [-0.15, -0.1) is 0 Å². The minimum Gasteiger partial charge on any atom is -0.480 e. The number of rotatable bonds is 4. The maximum absolute atomic E-state index is 13.0. The van der Waals surface area contributed by atoms with Gasteiger partial charge in [-0.3, -0.25) is 4.98 Å². The van der Waals surface area contributed by atoms with Gasteiger partial charge in [-0.25, -0.2) is 8.42 Å². The maximum atomic E-state index is 13.0. The first kappa shape index (κ1) is 19.2. The number of benzene rings is 1. The number of sulfone groups is 1. The van der Waals surface area contributed by atoms with Crippen LogP contribution in [0.1, 0.15) is 0 Å². The van der Waals surface area contributed by atoms with E-state index in [9.17, 15) is 21.6 Å². The van der Waals surface area contributed by atoms with Crippen molar-refractivity contribution in [3.8, 4) is 5.88 Å². The summed E-state index contributed by atoms with van der Waals surface area (Å²) in [5, 5.41) is 0. The normalized spacial score (nSPS) is 15.7. The van der Waals surface area contributed by atoms with Crippen molar-refractivity contribution < 1.29 is 26.3 Å². The average molecular weight is 402 g/mol. The quantitative estimate of drug-likeness (QED) is 0.775. The zero-order chi connectivity index (χ0) is 19.7. The molecular weight excluding hydrogens is 385 g/mol. The second-order valence-electron chi connectivity index (χ2n) is 5.81. The lowest BCUT2D eigenvalue weighted by atomic mass is 10.2. The molecule has 2 aromatic rings. The van der Waals surface area contributed by atoms with Crippen LogP contribution >= 0.6 is 0 Å². The van der Waals surface area contributed by atoms with E-state index in [1.165, 1.54) is 31.5 Å². The van der Waals surface area contributed by atoms with Crippen LogP contribution < -0.4 is 14.5 Å². The molecule has 27 heavy (non-hydrogen) atoms. The molecule has 0 N–H and O–H groups in total. The molecule has 11 heteroatoms. The smallest absolute Gasteiger partial charge is 0.480 e. The van der Waals surface area contributed by atoms with Crippen LogP contribution in [0.25, 0.3) is 0 Å². The maximum Gasteiger partial charge on any atom is 0.501 e. The minimum absolute atomic E-state index is 0.0474. The molecular formula is C16H17F3N4O3S. The number of methoxy groups -OCH3 is 1. The van der Waals surface area contributed by atoms with Gasteiger partial charge < -0.3 is 14.5 Å². The highest BCUT2D eigenvalue weighted by Crippen LogP contribution is 2.36. The Bertz CT molecular complexity index is 913. The van der Waals surface area contributed by atoms with E-state index in [1.54, 1.807) is 11.1 Å². The van der Waals surface area contributed by atoms with Gasteiger partial charge in [0.1, 0.15) is 0 Å². The summed E-state index contributed by atoms with van der Waals surface area (Å²) in [5.74, 6) is 0.946. The van der Waals surface area contributed by atoms with Gasteiger partial charge in [0, 0.05) is 26.2 Å². The van der Waals surface area contributed by atoms with Crippen molar-refractivity contribution in [2.45, 2.75) is 10.4 Å². The lowest BCUT2D eigenvalue weighted by Gasteiger charge is -2.37. The third-order valence-electron chi connectivity index (χ3n) is 4.21. The molecule has 1 fully saturated rings. The summed E-state index contributed by atoms with van der Waals surface area (Å²) in [6, 6.07) is 5.17. The third kappa shape index (κ3) is 3.77. The lowest BCUT2D eigenvalue weighted by molar-refractivity contribution is -0.0435. The SMILES string of the molecule is COc1cncc(N2CCN(c3ccccc3S(=O)(=O)C(F)(F)F)CC2)n1. The van der Waals surface area contributed by atoms with E-state index >= 15 is 0 Å². The Hall–Kier alpha value is -2.56. The van der Waals surface area contributed by atoms with Gasteiger partial charge in [-0.1, -0.05) is 12.1 Å². The number of aromatic nitrogens is 2. The number of hydrogen-bond acceptors (Lipinski definition) is 7. The van der Waals surface area contributed by atoms with Gasteiger partial charge in [0.2, 0.25) is 5.88 Å². The van der Waals surface area contributed by atoms with Crippen LogP contribution in [0.2, 0.25) is 0 Å². The Morgan fingerprint density at radius 3 is 2.30 bits per heavy atom. The molecule has 1 aromatic heterocycles. The highest BCUT2D eigenvalue weighted by Gasteiger charge is 2.48. The van der Waals surface area contributed by atoms with Crippen molar-refractivity contribution in [3.63, 3.8) is 0 Å². The molecule has 2 heterocycles. The van der Waals surface area contributed by atoms with Crippen LogP contribution in [0.5, 0.6) is 5.88 Å². The summed E-state index contributed by atoms with van der Waals surface area (Å²) in [6.45, 7) is 1.57. The molecule has 3 rings (SSSR count). The summed E-state index contributed by atoms with van der Waals surface area (Å²) in [5.41, 5.74) is -5.30. The molecule has 0 amide bonds. The first-order valence-corrected chi connectivity index (χ1v) is 9.48. The first-order chi connectivity index (χ1) is 12.7. The second kappa shape index (κ2) is 7.22. The van der Waals surface area contributed by atoms with Crippen LogP contribution in [0.15, 0.2) is 41.6 Å². The Labute approximate surface area is 154 Å². The van der Waals surface area contributed by atoms with Crippen molar-refractivity contribution in [2.24, 2.45) is 0 Å². The fourth-order valence-electron chi connectivity index (χ4n) is 2.84. The first-order valence-electron chi connectivity index (χ1n) is 8.00. The number of ether oxygens (including phenoxy) is 1. The van der Waals surface area contributed by atoms with Crippen LogP contribution in [0.4, 0.5) is 24.7 Å². The van der Waals surface area contributed by atoms with Gasteiger partial charge in [0.15, 0.2) is 5.82 Å². The summed E-state index contributed by atoms with van der Waals surface area (Å²) in [7, 11) is -3.95. The van der Waals surface area contributed by atoms with Crippen molar-refractivity contribution in [3.05, 3.63) is 36.7 Å². The lowest BCUT2D eigenvalue weighted by Crippen LogP contribution is -2.47. The second-order valence-corrected chi connectivity index (χ2v) is 7.72. The van der Waals surface area contributed by atoms with Crippen molar-refractivity contribution in [2.75, 3.05) is 43.1 Å². The van der Waals surface area contributed by atoms with Gasteiger partial charge in [-0.2, -0.15) is 18.2 Å². The zero-order valence-electron chi connectivity index (χ0n) is 14.3. The highest BCUT2D eigenvalue weighted by atomic mass is 32.2. The van der Waals surface area contributed by atoms with Crippen LogP contribution in [0.3, 0.4) is 0 Å². The van der Waals surface area contributed by atoms with Gasteiger partial charge in [0.25, 0.3) is 9.84 Å². The van der Waals surface area contributed by atoms with Crippen molar-refractivity contribution in [1.29, 1.82) is 0 Å². The summed E-state index contributed by atoms with van der Waals surface area (Å²) in [4.78, 5) is 11.1. The molecule has 0 bridgehead atoms. The summed E-state index contributed by atoms with van der Waals surface area (Å²) < 4.78 is 67.7. The van der Waals surface area contributed by atoms with E-state index in [0.717, 1.165) is 6.07 Å². The number of piperazine rings is 1. The molecule has 146 valence electrons. The van der Waals surface area contributed by atoms with Crippen LogP contribution in [-0.2, 0) is 9.84 Å². The summed E-state index contributed by atoms with van der Waals surface area (Å²) in [6.07, 6.45) is 3.04. The van der Waals surface area contributed by atoms with Gasteiger partial charge in [0.05, 0.1) is 30.1 Å². The fourth-order valence-corrected chi connectivity index (χ4v) is 3.82. The Morgan fingerprint density at radius 1 is 1.04 bits per heavy atom. The van der Waals surface area contributed by atoms with Crippen LogP contribution in [0, 0.1) is 0 Å². The molecule has 7 nitrogen and oxygen atoms in total. The Kier molecular flexibility index (Phi) is 5.13. The number of halogens is 3. The third-order valence-corrected chi connectivity index (χ3v) is 5.75. The molecule has 0 saturated carbocycles. The molecule has 1 aliphatic heterocycles. The number of alkyl halides is 3. The largest absolute Gasteiger partial charge is 0.501 e. The molecule has 1 saturated heterocycles. The molecule has 0 aliphatic carbocycles. The van der Waals surface area contributed by atoms with E-state index in [4.69, 9.17) is 4.74 Å². The van der Waals surface area contributed by atoms with E-state index in [1.807, 2.05) is 4.90 Å². The van der Waals surface area contributed by atoms with Crippen molar-refractivity contribution in [1.82, 2.24) is 9.97 Å². The topological polar surface area (TPSA) is 75.6 Å². The molecule has 0 radical (unpaired) electrons. The predicted octanol–water partition coefficient (Wildman–Crippen LogP) is 2.11. The number of anilines is 2. The van der Waals surface area contributed by atoms with Gasteiger partial charge >= 0.3 is 5.51 Å². The van der Waals surface area contributed by atoms with Crippen LogP contribution in [-0.4, -0.2) is 57.2 Å². The fraction of sp³-hybridized carbons (Fsp3) is 0.375. The Balaban J connectivity index is 1.81. The van der Waals surface area contributed by atoms with E-state index in [-0.39, 0.29) is 5.69 Å². The van der Waals surface area contributed by atoms with Crippen molar-refractivity contribution >= 4 is 21.3 Å². The standard InChI is InChI=1S/C16H17F3N4O3S/c1-26-15-11-20-10-14(21-15)23-8-6-22(7-9-23)12-4-2-3-5-13(12)27(24,25)16(17,18)19/h2-5,10-11H,6-9H2,1H3. The molecule has 0 unspecified atom stereocenters. The van der Waals surface area contributed by atoms with E-state index in [2.05, 4.69) is 9.97 Å². The Morgan fingerprint density at radius 2 is 1.67 bits per heavy atom. The minimum atomic E-state index is -5.43.